The number of aromatic nitrogens is 3. The van der Waals surface area contributed by atoms with Gasteiger partial charge < -0.3 is 0 Å². The topological polar surface area (TPSA) is 38.7 Å². The van der Waals surface area contributed by atoms with Crippen LogP contribution in [0.2, 0.25) is 0 Å². The highest BCUT2D eigenvalue weighted by Gasteiger charge is 2.35. The van der Waals surface area contributed by atoms with Crippen molar-refractivity contribution in [1.29, 1.82) is 0 Å². The lowest BCUT2D eigenvalue weighted by Crippen LogP contribution is -2.22. The van der Waals surface area contributed by atoms with Gasteiger partial charge in [0.1, 0.15) is 0 Å². The van der Waals surface area contributed by atoms with Crippen molar-refractivity contribution in [3.05, 3.63) is 127 Å². The average molecular weight is 466 g/mol. The molecular weight excluding hydrogens is 438 g/mol. The maximum Gasteiger partial charge on any atom is 0.0513 e. The van der Waals surface area contributed by atoms with Crippen LogP contribution in [0.5, 0.6) is 0 Å². The summed E-state index contributed by atoms with van der Waals surface area (Å²) in [5.41, 5.74) is 3.63. The van der Waals surface area contributed by atoms with Crippen LogP contribution in [0.25, 0.3) is 32.3 Å². The van der Waals surface area contributed by atoms with Crippen molar-refractivity contribution in [1.82, 2.24) is 15.0 Å². The highest BCUT2D eigenvalue weighted by atomic mass is 14.7. The van der Waals surface area contributed by atoms with Gasteiger partial charge in [0, 0.05) is 52.5 Å². The molecule has 3 nitrogen and oxygen atoms in total. The smallest absolute Gasteiger partial charge is 0.0513 e. The number of hydrogen-bond donors (Lipinski definition) is 0. The van der Waals surface area contributed by atoms with Crippen LogP contribution < -0.4 is 0 Å². The number of benzene rings is 3. The Morgan fingerprint density at radius 2 is 0.694 bits per heavy atom. The summed E-state index contributed by atoms with van der Waals surface area (Å²) in [5, 5.41) is 7.57. The fraction of sp³-hybridized carbons (Fsp3) is 0.182. The Bertz CT molecular complexity index is 1480. The zero-order chi connectivity index (χ0) is 23.9. The molecule has 3 heterocycles. The summed E-state index contributed by atoms with van der Waals surface area (Å²) in [6.07, 6.45) is 9.06. The summed E-state index contributed by atoms with van der Waals surface area (Å²) in [6.45, 7) is 0. The third kappa shape index (κ3) is 3.63. The molecule has 0 saturated heterocycles. The lowest BCUT2D eigenvalue weighted by molar-refractivity contribution is 0.343. The summed E-state index contributed by atoms with van der Waals surface area (Å²) in [4.78, 5) is 14.9. The zero-order valence-electron chi connectivity index (χ0n) is 20.1. The van der Waals surface area contributed by atoms with E-state index < -0.39 is 0 Å². The summed E-state index contributed by atoms with van der Waals surface area (Å²) in [5.74, 6) is 1.00. The van der Waals surface area contributed by atoms with E-state index in [0.717, 1.165) is 19.3 Å². The molecule has 7 rings (SSSR count). The van der Waals surface area contributed by atoms with Gasteiger partial charge in [0.25, 0.3) is 0 Å². The van der Waals surface area contributed by atoms with Gasteiger partial charge >= 0.3 is 0 Å². The molecule has 0 amide bonds. The molecule has 3 aromatic carbocycles. The second-order valence-corrected chi connectivity index (χ2v) is 10.0. The third-order valence-corrected chi connectivity index (χ3v) is 7.98. The molecule has 0 aliphatic heterocycles. The Morgan fingerprint density at radius 3 is 1.03 bits per heavy atom. The van der Waals surface area contributed by atoms with Gasteiger partial charge in [-0.2, -0.15) is 0 Å². The molecule has 0 spiro atoms. The summed E-state index contributed by atoms with van der Waals surface area (Å²) >= 11 is 0. The predicted octanol–water partition coefficient (Wildman–Crippen LogP) is 8.17. The number of nitrogens with zero attached hydrogens (tertiary/aromatic N) is 3. The molecule has 1 aliphatic carbocycles. The second-order valence-electron chi connectivity index (χ2n) is 10.0. The van der Waals surface area contributed by atoms with Crippen molar-refractivity contribution >= 4 is 32.3 Å². The third-order valence-electron chi connectivity index (χ3n) is 7.98. The van der Waals surface area contributed by atoms with Crippen molar-refractivity contribution in [2.75, 3.05) is 0 Å². The maximum atomic E-state index is 4.97. The summed E-state index contributed by atoms with van der Waals surface area (Å²) in [6, 6.07) is 32.3. The molecule has 0 unspecified atom stereocenters. The standard InChI is InChI=1S/C33H27N3/c1-4-10-28-22(7-1)13-16-34-31(28)25-19-26(32-29-11-5-2-8-23(29)14-17-35-32)21-27(20-25)33-30-12-6-3-9-24(30)15-18-36-33/h1-18,25-27H,19-21H2. The molecule has 1 saturated carbocycles. The average Bonchev–Trinajstić information content (AvgIpc) is 2.96. The highest BCUT2D eigenvalue weighted by Crippen LogP contribution is 2.49. The van der Waals surface area contributed by atoms with Gasteiger partial charge in [-0.25, -0.2) is 0 Å². The van der Waals surface area contributed by atoms with E-state index in [9.17, 15) is 0 Å². The monoisotopic (exact) mass is 465 g/mol. The van der Waals surface area contributed by atoms with E-state index in [1.807, 2.05) is 18.6 Å². The van der Waals surface area contributed by atoms with Gasteiger partial charge in [0.15, 0.2) is 0 Å². The minimum Gasteiger partial charge on any atom is -0.260 e. The largest absolute Gasteiger partial charge is 0.260 e. The molecule has 36 heavy (non-hydrogen) atoms. The minimum absolute atomic E-state index is 0.335. The van der Waals surface area contributed by atoms with Crippen LogP contribution in [0.1, 0.15) is 54.1 Å². The van der Waals surface area contributed by atoms with E-state index in [2.05, 4.69) is 91.0 Å². The lowest BCUT2D eigenvalue weighted by Gasteiger charge is -2.35. The Kier molecular flexibility index (Phi) is 5.20. The Morgan fingerprint density at radius 1 is 0.389 bits per heavy atom. The van der Waals surface area contributed by atoms with Gasteiger partial charge in [-0.05, 0) is 53.6 Å². The molecule has 3 heteroatoms. The van der Waals surface area contributed by atoms with E-state index in [4.69, 9.17) is 15.0 Å². The SMILES string of the molecule is c1ccc2c(C3CC(c4nccc5ccccc45)CC(c4nccc5ccccc45)C3)nccc2c1. The molecule has 0 atom stereocenters. The summed E-state index contributed by atoms with van der Waals surface area (Å²) < 4.78 is 0. The van der Waals surface area contributed by atoms with E-state index in [1.54, 1.807) is 0 Å². The Hall–Kier alpha value is -4.11. The first-order valence-electron chi connectivity index (χ1n) is 12.9. The maximum absolute atomic E-state index is 4.97. The van der Waals surface area contributed by atoms with E-state index in [0.29, 0.717) is 17.8 Å². The van der Waals surface area contributed by atoms with Gasteiger partial charge in [-0.3, -0.25) is 15.0 Å². The van der Waals surface area contributed by atoms with Crippen molar-refractivity contribution in [2.24, 2.45) is 0 Å². The first-order valence-corrected chi connectivity index (χ1v) is 12.9. The molecule has 1 aliphatic rings. The minimum atomic E-state index is 0.335. The van der Waals surface area contributed by atoms with Gasteiger partial charge in [-0.15, -0.1) is 0 Å². The van der Waals surface area contributed by atoms with E-state index >= 15 is 0 Å². The molecule has 0 bridgehead atoms. The molecule has 3 aromatic heterocycles. The molecule has 1 fully saturated rings. The lowest BCUT2D eigenvalue weighted by atomic mass is 9.70. The first kappa shape index (κ1) is 21.2. The van der Waals surface area contributed by atoms with Crippen molar-refractivity contribution in [2.45, 2.75) is 37.0 Å². The van der Waals surface area contributed by atoms with Crippen LogP contribution in [0.4, 0.5) is 0 Å². The van der Waals surface area contributed by atoms with Gasteiger partial charge in [0.2, 0.25) is 0 Å². The van der Waals surface area contributed by atoms with E-state index in [1.165, 1.54) is 49.4 Å². The molecule has 0 radical (unpaired) electrons. The first-order chi connectivity index (χ1) is 17.8. The highest BCUT2D eigenvalue weighted by molar-refractivity contribution is 5.87. The molecule has 6 aromatic rings. The van der Waals surface area contributed by atoms with Crippen LogP contribution in [0, 0.1) is 0 Å². The van der Waals surface area contributed by atoms with E-state index in [-0.39, 0.29) is 0 Å². The van der Waals surface area contributed by atoms with Gasteiger partial charge in [0.05, 0.1) is 17.1 Å². The fourth-order valence-corrected chi connectivity index (χ4v) is 6.39. The predicted molar refractivity (Wildman–Crippen MR) is 147 cm³/mol. The number of pyridine rings is 3. The second kappa shape index (κ2) is 8.83. The van der Waals surface area contributed by atoms with Crippen LogP contribution in [-0.4, -0.2) is 15.0 Å². The number of fused-ring (bicyclic) bond motifs is 3. The van der Waals surface area contributed by atoms with Crippen LogP contribution in [0.3, 0.4) is 0 Å². The molecular formula is C33H27N3. The normalized spacial score (nSPS) is 20.2. The zero-order valence-corrected chi connectivity index (χ0v) is 20.1. The number of hydrogen-bond acceptors (Lipinski definition) is 3. The number of rotatable bonds is 3. The van der Waals surface area contributed by atoms with Crippen LogP contribution >= 0.6 is 0 Å². The van der Waals surface area contributed by atoms with Crippen molar-refractivity contribution < 1.29 is 0 Å². The van der Waals surface area contributed by atoms with Crippen molar-refractivity contribution in [3.8, 4) is 0 Å². The quantitative estimate of drug-likeness (QED) is 0.265. The fourth-order valence-electron chi connectivity index (χ4n) is 6.39. The van der Waals surface area contributed by atoms with Crippen molar-refractivity contribution in [3.63, 3.8) is 0 Å². The Labute approximate surface area is 210 Å². The Balaban J connectivity index is 1.39. The van der Waals surface area contributed by atoms with Gasteiger partial charge in [-0.1, -0.05) is 72.8 Å². The van der Waals surface area contributed by atoms with Crippen LogP contribution in [-0.2, 0) is 0 Å². The molecule has 174 valence electrons. The summed E-state index contributed by atoms with van der Waals surface area (Å²) in [7, 11) is 0. The van der Waals surface area contributed by atoms with Crippen LogP contribution in [0.15, 0.2) is 110 Å². The molecule has 0 N–H and O–H groups in total.